The Morgan fingerprint density at radius 1 is 0.390 bits per heavy atom. The maximum absolute atomic E-state index is 7.00. The highest BCUT2D eigenvalue weighted by Gasteiger charge is 2.54. The van der Waals surface area contributed by atoms with Crippen molar-refractivity contribution < 1.29 is 4.74 Å². The van der Waals surface area contributed by atoms with Crippen LogP contribution >= 0.6 is 0 Å². The molecule has 9 aromatic carbocycles. The van der Waals surface area contributed by atoms with Crippen LogP contribution in [0.3, 0.4) is 0 Å². The van der Waals surface area contributed by atoms with Gasteiger partial charge in [0, 0.05) is 40.8 Å². The van der Waals surface area contributed by atoms with E-state index in [2.05, 4.69) is 290 Å². The van der Waals surface area contributed by atoms with Gasteiger partial charge in [0.2, 0.25) is 0 Å². The number of fused-ring (bicyclic) bond motifs is 9. The number of aromatic nitrogens is 1. The van der Waals surface area contributed by atoms with Crippen LogP contribution < -0.4 is 41.0 Å². The second-order valence-corrected chi connectivity index (χ2v) is 27.5. The summed E-state index contributed by atoms with van der Waals surface area (Å²) >= 11 is 0. The number of pyridine rings is 1. The van der Waals surface area contributed by atoms with Gasteiger partial charge in [0.25, 0.3) is 0 Å². The molecule has 5 nitrogen and oxygen atoms in total. The highest BCUT2D eigenvalue weighted by atomic mass is 28.3. The molecule has 0 saturated heterocycles. The lowest BCUT2D eigenvalue weighted by Crippen LogP contribution is -2.75. The van der Waals surface area contributed by atoms with Crippen LogP contribution in [0.4, 0.5) is 39.9 Å². The number of ether oxygens (including phenoxy) is 1. The highest BCUT2D eigenvalue weighted by Crippen LogP contribution is 2.46. The topological polar surface area (TPSA) is 49.4 Å². The van der Waals surface area contributed by atoms with E-state index in [4.69, 9.17) is 9.72 Å². The molecule has 6 heteroatoms. The Kier molecular flexibility index (Phi) is 12.2. The number of benzene rings is 9. The Morgan fingerprint density at radius 2 is 0.922 bits per heavy atom. The van der Waals surface area contributed by atoms with Gasteiger partial charge < -0.3 is 15.4 Å². The Balaban J connectivity index is 0.931. The molecule has 380 valence electrons. The monoisotopic (exact) mass is 1020 g/mol. The van der Waals surface area contributed by atoms with Crippen molar-refractivity contribution in [2.24, 2.45) is 0 Å². The molecule has 2 aliphatic rings. The lowest BCUT2D eigenvalue weighted by molar-refractivity contribution is 0.483. The largest absolute Gasteiger partial charge is 0.457 e. The molecule has 0 amide bonds. The van der Waals surface area contributed by atoms with E-state index in [0.717, 1.165) is 68.1 Å². The molecular weight excluding hydrogens is 953 g/mol. The average molecular weight is 1020 g/mol. The maximum atomic E-state index is 7.00. The minimum Gasteiger partial charge on any atom is -0.457 e. The fourth-order valence-electron chi connectivity index (χ4n) is 11.6. The van der Waals surface area contributed by atoms with Crippen molar-refractivity contribution in [3.63, 3.8) is 0 Å². The first-order valence-corrected chi connectivity index (χ1v) is 29.0. The standard InChI is InChI=1S/C71H66N4OSi/c1-69(2,3)49-39-40-72-67(44-49)75-61-33-17-20-36-65(61)77(63-34-18-13-27-57(63)58-28-14-19-35-64(58)77)66-38-37-54(46-62(66)75)76-53-26-21-25-52(45-53)73-59-31-15-16-32-60(59)74-68-55(47-23-11-10-12-24-47)29-22-30-56(68)48-41-50(70(4,5)6)43-51(42-48)71(7,8)9/h10-46,73-74H,1-9H3. The van der Waals surface area contributed by atoms with Gasteiger partial charge in [-0.2, -0.15) is 0 Å². The van der Waals surface area contributed by atoms with Crippen molar-refractivity contribution in [1.29, 1.82) is 0 Å². The number of nitrogens with zero attached hydrogens (tertiary/aromatic N) is 2. The number of hydrogen-bond donors (Lipinski definition) is 2. The third-order valence-corrected chi connectivity index (χ3v) is 20.6. The van der Waals surface area contributed by atoms with Gasteiger partial charge in [-0.3, -0.25) is 4.90 Å². The first kappa shape index (κ1) is 49.4. The van der Waals surface area contributed by atoms with Crippen molar-refractivity contribution in [3.05, 3.63) is 241 Å². The molecule has 10 aromatic rings. The van der Waals surface area contributed by atoms with E-state index in [-0.39, 0.29) is 16.2 Å². The summed E-state index contributed by atoms with van der Waals surface area (Å²) in [7, 11) is -2.84. The zero-order chi connectivity index (χ0) is 53.3. The number of hydrogen-bond acceptors (Lipinski definition) is 5. The molecule has 0 unspecified atom stereocenters. The van der Waals surface area contributed by atoms with Crippen molar-refractivity contribution in [2.75, 3.05) is 15.5 Å². The molecule has 77 heavy (non-hydrogen) atoms. The molecule has 0 saturated carbocycles. The number of para-hydroxylation sites is 4. The van der Waals surface area contributed by atoms with Gasteiger partial charge in [-0.25, -0.2) is 4.98 Å². The third kappa shape index (κ3) is 8.90. The van der Waals surface area contributed by atoms with Crippen LogP contribution in [0, 0.1) is 0 Å². The SMILES string of the molecule is CC(C)(C)c1cc(-c2cccc(-c3ccccc3)c2Nc2ccccc2Nc2cccc(Oc3ccc4c(c3)N(c3cc(C(C)(C)C)ccn3)c3ccccc3[Si]43c4ccccc4-c4ccccc43)c2)cc(C(C)(C)C)c1. The van der Waals surface area contributed by atoms with E-state index < -0.39 is 8.07 Å². The number of rotatable bonds is 9. The zero-order valence-electron chi connectivity index (χ0n) is 45.7. The van der Waals surface area contributed by atoms with E-state index in [1.807, 2.05) is 12.3 Å². The van der Waals surface area contributed by atoms with Crippen LogP contribution in [-0.2, 0) is 16.2 Å². The summed E-state index contributed by atoms with van der Waals surface area (Å²) in [4.78, 5) is 7.51. The summed E-state index contributed by atoms with van der Waals surface area (Å²) in [6.45, 7) is 20.6. The van der Waals surface area contributed by atoms with E-state index in [0.29, 0.717) is 0 Å². The smallest absolute Gasteiger partial charge is 0.185 e. The normalized spacial score (nSPS) is 13.3. The van der Waals surface area contributed by atoms with Gasteiger partial charge in [-0.05, 0) is 124 Å². The van der Waals surface area contributed by atoms with Gasteiger partial charge in [-0.15, -0.1) is 0 Å². The minimum atomic E-state index is -2.84. The van der Waals surface area contributed by atoms with Gasteiger partial charge >= 0.3 is 0 Å². The van der Waals surface area contributed by atoms with Crippen LogP contribution in [0.5, 0.6) is 11.5 Å². The number of anilines is 7. The molecule has 1 spiro atoms. The maximum Gasteiger partial charge on any atom is 0.185 e. The van der Waals surface area contributed by atoms with Crippen molar-refractivity contribution in [3.8, 4) is 44.9 Å². The Morgan fingerprint density at radius 3 is 1.58 bits per heavy atom. The molecule has 3 heterocycles. The van der Waals surface area contributed by atoms with E-state index in [1.54, 1.807) is 0 Å². The molecule has 0 bridgehead atoms. The first-order chi connectivity index (χ1) is 37.1. The van der Waals surface area contributed by atoms with Gasteiger partial charge in [0.05, 0.1) is 22.7 Å². The second kappa shape index (κ2) is 19.0. The lowest BCUT2D eigenvalue weighted by atomic mass is 9.78. The average Bonchev–Trinajstić information content (AvgIpc) is 3.75. The second-order valence-electron chi connectivity index (χ2n) is 23.8. The third-order valence-electron chi connectivity index (χ3n) is 15.6. The molecule has 0 fully saturated rings. The first-order valence-electron chi connectivity index (χ1n) is 27.0. The summed E-state index contributed by atoms with van der Waals surface area (Å²) in [6.07, 6.45) is 1.96. The van der Waals surface area contributed by atoms with Gasteiger partial charge in [0.1, 0.15) is 17.3 Å². The van der Waals surface area contributed by atoms with Crippen LogP contribution in [-0.4, -0.2) is 13.1 Å². The molecule has 0 radical (unpaired) electrons. The molecule has 2 N–H and O–H groups in total. The van der Waals surface area contributed by atoms with Crippen molar-refractivity contribution in [1.82, 2.24) is 4.98 Å². The van der Waals surface area contributed by atoms with Crippen molar-refractivity contribution >= 4 is 68.8 Å². The molecule has 0 aliphatic carbocycles. The molecule has 0 atom stereocenters. The predicted octanol–water partition coefficient (Wildman–Crippen LogP) is 16.7. The Labute approximate surface area is 456 Å². The summed E-state index contributed by atoms with van der Waals surface area (Å²) in [6, 6.07) is 79.6. The Bertz CT molecular complexity index is 3800. The van der Waals surface area contributed by atoms with Gasteiger partial charge in [0.15, 0.2) is 8.07 Å². The fourth-order valence-corrected chi connectivity index (χ4v) is 17.1. The predicted molar refractivity (Wildman–Crippen MR) is 328 cm³/mol. The molecular formula is C71H66N4OSi. The fraction of sp³-hybridized carbons (Fsp3) is 0.169. The summed E-state index contributed by atoms with van der Waals surface area (Å²) < 4.78 is 7.00. The van der Waals surface area contributed by atoms with E-state index >= 15 is 0 Å². The molecule has 12 rings (SSSR count). The summed E-state index contributed by atoms with van der Waals surface area (Å²) in [5.41, 5.74) is 17.1. The zero-order valence-corrected chi connectivity index (χ0v) is 46.7. The summed E-state index contributed by atoms with van der Waals surface area (Å²) in [5.74, 6) is 2.36. The lowest BCUT2D eigenvalue weighted by Gasteiger charge is -2.43. The van der Waals surface area contributed by atoms with E-state index in [9.17, 15) is 0 Å². The highest BCUT2D eigenvalue weighted by molar-refractivity contribution is 7.23. The van der Waals surface area contributed by atoms with Gasteiger partial charge in [-0.1, -0.05) is 220 Å². The quantitative estimate of drug-likeness (QED) is 0.141. The minimum absolute atomic E-state index is 0.0300. The molecule has 1 aromatic heterocycles. The summed E-state index contributed by atoms with van der Waals surface area (Å²) in [5, 5.41) is 13.3. The van der Waals surface area contributed by atoms with Crippen LogP contribution in [0.25, 0.3) is 33.4 Å². The van der Waals surface area contributed by atoms with Crippen LogP contribution in [0.15, 0.2) is 225 Å². The van der Waals surface area contributed by atoms with E-state index in [1.165, 1.54) is 54.1 Å². The van der Waals surface area contributed by atoms with Crippen molar-refractivity contribution in [2.45, 2.75) is 78.6 Å². The van der Waals surface area contributed by atoms with Crippen LogP contribution in [0.1, 0.15) is 79.0 Å². The number of nitrogens with one attached hydrogen (secondary N) is 2. The van der Waals surface area contributed by atoms with Crippen LogP contribution in [0.2, 0.25) is 0 Å². The molecule has 2 aliphatic heterocycles. The Hall–Kier alpha value is -8.45.